The number of methoxy groups -OCH3 is 1. The minimum absolute atomic E-state index is 0.0119. The van der Waals surface area contributed by atoms with Gasteiger partial charge in [-0.2, -0.15) is 0 Å². The molecule has 0 radical (unpaired) electrons. The van der Waals surface area contributed by atoms with Crippen LogP contribution >= 0.6 is 69.6 Å². The number of allylic oxidation sites excluding steroid dienone is 12. The number of aryl methyl sites for hydroxylation is 2. The molecule has 1 aliphatic heterocycles. The van der Waals surface area contributed by atoms with Crippen LogP contribution in [-0.4, -0.2) is 123 Å². The summed E-state index contributed by atoms with van der Waals surface area (Å²) in [5.41, 5.74) is 11.1. The minimum Gasteiger partial charge on any atom is -0.508 e. The summed E-state index contributed by atoms with van der Waals surface area (Å²) in [6.07, 6.45) is 9.87. The summed E-state index contributed by atoms with van der Waals surface area (Å²) in [6.45, 7) is 10.5. The molecule has 6 aliphatic carbocycles. The molecule has 11 aromatic rings. The van der Waals surface area contributed by atoms with Crippen LogP contribution in [0.1, 0.15) is 186 Å². The van der Waals surface area contributed by atoms with Crippen molar-refractivity contribution in [3.05, 3.63) is 402 Å². The van der Waals surface area contributed by atoms with Gasteiger partial charge >= 0.3 is 0 Å². The van der Waals surface area contributed by atoms with Crippen LogP contribution in [0.2, 0.25) is 10.0 Å². The van der Waals surface area contributed by atoms with E-state index in [0.717, 1.165) is 73.2 Å². The first-order valence-electron chi connectivity index (χ1n) is 42.1. The zero-order valence-electron chi connectivity index (χ0n) is 72.3. The molecule has 0 amide bonds. The van der Waals surface area contributed by atoms with E-state index >= 15 is 0 Å². The van der Waals surface area contributed by atoms with E-state index in [1.807, 2.05) is 111 Å². The number of likely N-dealkylation sites (tertiary alicyclic amines) is 1. The van der Waals surface area contributed by atoms with Gasteiger partial charge < -0.3 is 56.9 Å². The molecule has 0 unspecified atom stereocenters. The molecule has 1 fully saturated rings. The molecule has 0 saturated carbocycles. The number of hydrogen-bond acceptors (Lipinski definition) is 23. The second-order valence-electron chi connectivity index (χ2n) is 30.8. The van der Waals surface area contributed by atoms with E-state index in [9.17, 15) is 72.9 Å². The number of benzene rings is 11. The fourth-order valence-corrected chi connectivity index (χ4v) is 16.6. The molecule has 134 heavy (non-hydrogen) atoms. The van der Waals surface area contributed by atoms with Gasteiger partial charge in [0, 0.05) is 105 Å². The highest BCUT2D eigenvalue weighted by atomic mass is 35.5. The molecular weight excluding hydrogens is 1830 g/mol. The summed E-state index contributed by atoms with van der Waals surface area (Å²) in [5, 5.41) is 47.7. The van der Waals surface area contributed by atoms with Crippen molar-refractivity contribution in [2.45, 2.75) is 53.4 Å². The van der Waals surface area contributed by atoms with Crippen molar-refractivity contribution >= 4 is 180 Å². The highest BCUT2D eigenvalue weighted by Gasteiger charge is 2.39. The Balaban J connectivity index is 0.000000138. The number of hydrogen-bond donors (Lipinski definition) is 9. The Bertz CT molecular complexity index is 6770. The number of phenolic OH excluding ortho intramolecular Hbond substituents is 3. The van der Waals surface area contributed by atoms with Gasteiger partial charge in [-0.1, -0.05) is 277 Å². The predicted molar refractivity (Wildman–Crippen MR) is 522 cm³/mol. The molecule has 7 aliphatic rings. The number of fused-ring (bicyclic) bond motifs is 6. The van der Waals surface area contributed by atoms with Crippen molar-refractivity contribution in [2.75, 3.05) is 54.6 Å². The van der Waals surface area contributed by atoms with Gasteiger partial charge in [0.25, 0.3) is 0 Å². The first kappa shape index (κ1) is 96.7. The number of ketones is 12. The van der Waals surface area contributed by atoms with Gasteiger partial charge in [-0.05, 0) is 129 Å². The molecule has 1 heterocycles. The van der Waals surface area contributed by atoms with E-state index in [-0.39, 0.29) is 128 Å². The third-order valence-corrected chi connectivity index (χ3v) is 23.8. The van der Waals surface area contributed by atoms with Crippen LogP contribution in [-0.2, 0) is 0 Å². The van der Waals surface area contributed by atoms with Gasteiger partial charge in [0.2, 0.25) is 57.8 Å². The van der Waals surface area contributed by atoms with Crippen LogP contribution in [0.4, 0.5) is 28.4 Å². The van der Waals surface area contributed by atoms with Crippen LogP contribution in [0.15, 0.2) is 303 Å². The Morgan fingerprint density at radius 3 is 1.09 bits per heavy atom. The molecule has 9 N–H and O–H groups in total. The van der Waals surface area contributed by atoms with Gasteiger partial charge in [0.1, 0.15) is 82.3 Å². The number of rotatable bonds is 18. The number of carbonyl (C=O) groups excluding carboxylic acids is 12. The van der Waals surface area contributed by atoms with Crippen molar-refractivity contribution in [3.63, 3.8) is 0 Å². The molecule has 676 valence electrons. The largest absolute Gasteiger partial charge is 0.508 e. The molecule has 11 aromatic carbocycles. The number of carbonyl (C=O) groups is 12. The summed E-state index contributed by atoms with van der Waals surface area (Å²) in [4.78, 5) is 150. The van der Waals surface area contributed by atoms with Gasteiger partial charge in [-0.3, -0.25) is 57.5 Å². The lowest BCUT2D eigenvalue weighted by Gasteiger charge is -2.28. The first-order chi connectivity index (χ1) is 64.4. The number of nitrogens with zero attached hydrogens (tertiary/aromatic N) is 1. The van der Waals surface area contributed by atoms with Gasteiger partial charge in [-0.25, -0.2) is 0 Å². The lowest BCUT2D eigenvalue weighted by Crippen LogP contribution is -2.35. The lowest BCUT2D eigenvalue weighted by molar-refractivity contribution is 0.0948. The zero-order valence-corrected chi connectivity index (χ0v) is 76.9. The second kappa shape index (κ2) is 43.5. The molecule has 29 heteroatoms. The third-order valence-electron chi connectivity index (χ3n) is 21.7. The monoisotopic (exact) mass is 1910 g/mol. The highest BCUT2D eigenvalue weighted by Crippen LogP contribution is 2.48. The fraction of sp³-hybridized carbons (Fsp3) is 0.124. The summed E-state index contributed by atoms with van der Waals surface area (Å²) >= 11 is 36.4. The number of anilines is 5. The van der Waals surface area contributed by atoms with Crippen molar-refractivity contribution < 1.29 is 77.6 Å². The maximum atomic E-state index is 13.1. The molecule has 18 rings (SSSR count). The van der Waals surface area contributed by atoms with E-state index in [2.05, 4.69) is 31.9 Å². The Morgan fingerprint density at radius 2 is 0.687 bits per heavy atom. The average molecular weight is 1910 g/mol. The molecule has 0 atom stereocenters. The molecule has 0 bridgehead atoms. The molecule has 0 aromatic heterocycles. The zero-order chi connectivity index (χ0) is 95.9. The quantitative estimate of drug-likeness (QED) is 0.0219. The van der Waals surface area contributed by atoms with E-state index in [0.29, 0.717) is 114 Å². The number of Topliss-reactive ketones (excluding diaryl/α,β-unsaturated/α-hetero) is 10. The number of halogens is 6. The molecular formula is C105H83Cl6N7O16. The Labute approximate surface area is 800 Å². The van der Waals surface area contributed by atoms with Gasteiger partial charge in [0.05, 0.1) is 23.3 Å². The van der Waals surface area contributed by atoms with Crippen LogP contribution in [0.25, 0.3) is 12.2 Å². The average Bonchev–Trinajstić information content (AvgIpc) is 0.896. The Kier molecular flexibility index (Phi) is 31.4. The normalized spacial score (nSPS) is 14.6. The second-order valence-corrected chi connectivity index (χ2v) is 33.1. The van der Waals surface area contributed by atoms with Gasteiger partial charge in [-0.15, -0.1) is 0 Å². The fourth-order valence-electron chi connectivity index (χ4n) is 15.0. The van der Waals surface area contributed by atoms with Crippen molar-refractivity contribution in [1.82, 2.24) is 15.5 Å². The third kappa shape index (κ3) is 21.2. The predicted octanol–water partition coefficient (Wildman–Crippen LogP) is 22.4. The van der Waals surface area contributed by atoms with E-state index in [1.54, 1.807) is 170 Å². The standard InChI is InChI=1S/C24H16ClNO2.C20H18N2O3.C18H13Cl2NO3.C17H12ClNO4.2C13H12ClNO2/c25-21-22(24(28)20-9-5-4-8-19(20)23(21)27)26-18-14-12-17(13-15-18)11-10-16-6-2-1-3-7-16;23-14-9-7-13(8-10-14)21-17-18(22-11-3-4-12-22)20(25)16-6-2-1-5-15(16)19(17)24;1-9-7-10(8-13(19)18(9)24-2)21-15-14(20)16(22)11-5-3-4-6-12(11)17(15)23;1-8-2-4-9(5-3-8)19-15-14(18)16(22)12-10(20)6-7-11(21)13(12)17(15)23;2*1-2-7-15-11-10(14)12(16)8-5-3-4-6-9(8)13(11)17/h1-15,26H;1-2,5-10,21,23H,3-4,11-12H2;3-8,21H,1-2H3;2-7,19,22-23H,1H3;2*3-6,15H,2,7H2,1H3/b11-10+;;;;;. The summed E-state index contributed by atoms with van der Waals surface area (Å²) < 4.78 is 5.21. The lowest BCUT2D eigenvalue weighted by atomic mass is 9.89. The maximum Gasteiger partial charge on any atom is 0.212 e. The number of ether oxygens (including phenoxy) is 1. The SMILES string of the molecule is CCCNC1=C(Cl)C(=O)c2ccccc2C1=O.CCCNC1=C(Cl)C(=O)c2ccccc2C1=O.COc1c(C)cc(NC2=C(Cl)C(=O)c3ccccc3C2=O)cc1Cl.Cc1ccc(Nc2c(O)c3c(c(O)c2Cl)C(=O)C=CC3=O)cc1.O=C1C(Cl)=C(Nc2ccc(/C=C/c3ccccc3)cc2)C(=O)c2ccccc21.O=C1C(Nc2ccc(O)cc2)=C(N2CCCC2)C(=O)c2ccccc21. The first-order valence-corrected chi connectivity index (χ1v) is 44.3. The van der Waals surface area contributed by atoms with Crippen LogP contribution in [0.3, 0.4) is 0 Å². The number of phenols is 3. The smallest absolute Gasteiger partial charge is 0.212 e. The van der Waals surface area contributed by atoms with Crippen molar-refractivity contribution in [2.24, 2.45) is 0 Å². The van der Waals surface area contributed by atoms with Crippen LogP contribution < -0.4 is 36.6 Å². The number of aromatic hydroxyl groups is 3. The van der Waals surface area contributed by atoms with E-state index < -0.39 is 23.1 Å². The van der Waals surface area contributed by atoms with Gasteiger partial charge in [0.15, 0.2) is 17.3 Å². The topological polar surface area (TPSA) is 350 Å². The van der Waals surface area contributed by atoms with Crippen LogP contribution in [0.5, 0.6) is 23.0 Å². The summed E-state index contributed by atoms with van der Waals surface area (Å²) in [5.74, 6) is -4.09. The van der Waals surface area contributed by atoms with Crippen LogP contribution in [0, 0.1) is 13.8 Å². The highest BCUT2D eigenvalue weighted by molar-refractivity contribution is 6.52. The van der Waals surface area contributed by atoms with Crippen molar-refractivity contribution in [1.29, 1.82) is 0 Å². The maximum absolute atomic E-state index is 13.1. The van der Waals surface area contributed by atoms with Crippen molar-refractivity contribution in [3.8, 4) is 23.0 Å². The Morgan fingerprint density at radius 1 is 0.358 bits per heavy atom. The minimum atomic E-state index is -0.587. The summed E-state index contributed by atoms with van der Waals surface area (Å²) in [6, 6.07) is 68.3. The van der Waals surface area contributed by atoms with E-state index in [4.69, 9.17) is 74.3 Å². The number of nitrogens with one attached hydrogen (secondary N) is 6. The summed E-state index contributed by atoms with van der Waals surface area (Å²) in [7, 11) is 1.53. The molecule has 23 nitrogen and oxygen atoms in total. The Hall–Kier alpha value is -14.8. The molecule has 0 spiro atoms. The van der Waals surface area contributed by atoms with E-state index in [1.165, 1.54) is 7.11 Å². The molecule has 1 saturated heterocycles.